The molecule has 2 atom stereocenters. The first kappa shape index (κ1) is 63.6. The van der Waals surface area contributed by atoms with Crippen LogP contribution >= 0.6 is 0 Å². The summed E-state index contributed by atoms with van der Waals surface area (Å²) < 4.78 is 0. The van der Waals surface area contributed by atoms with Crippen LogP contribution in [0, 0.1) is 0 Å². The van der Waals surface area contributed by atoms with Gasteiger partial charge in [0.05, 0.1) is 18.8 Å². The number of rotatable bonds is 55. The van der Waals surface area contributed by atoms with Crippen LogP contribution in [0.1, 0.15) is 328 Å². The third-order valence-corrected chi connectivity index (χ3v) is 13.9. The molecule has 0 saturated carbocycles. The number of carbonyl (C=O) groups is 1. The lowest BCUT2D eigenvalue weighted by Crippen LogP contribution is -2.45. The largest absolute Gasteiger partial charge is 0.394 e. The highest BCUT2D eigenvalue weighted by molar-refractivity contribution is 5.76. The van der Waals surface area contributed by atoms with Crippen molar-refractivity contribution in [1.82, 2.24) is 5.32 Å². The van der Waals surface area contributed by atoms with E-state index in [1.165, 1.54) is 276 Å². The quantitative estimate of drug-likeness (QED) is 0.0421. The predicted molar refractivity (Wildman–Crippen MR) is 290 cm³/mol. The topological polar surface area (TPSA) is 69.6 Å². The zero-order valence-corrected chi connectivity index (χ0v) is 44.3. The third-order valence-electron chi connectivity index (χ3n) is 13.9. The summed E-state index contributed by atoms with van der Waals surface area (Å²) in [7, 11) is 0. The summed E-state index contributed by atoms with van der Waals surface area (Å²) in [6, 6.07) is -0.621. The van der Waals surface area contributed by atoms with Crippen LogP contribution in [0.3, 0.4) is 0 Å². The monoisotopic (exact) mass is 912 g/mol. The second-order valence-electron chi connectivity index (χ2n) is 20.4. The van der Waals surface area contributed by atoms with Gasteiger partial charge >= 0.3 is 0 Å². The maximum atomic E-state index is 12.5. The van der Waals surface area contributed by atoms with Crippen molar-refractivity contribution in [1.29, 1.82) is 0 Å². The molecule has 0 aliphatic carbocycles. The van der Waals surface area contributed by atoms with Crippen molar-refractivity contribution in [2.75, 3.05) is 6.61 Å². The molecule has 0 saturated heterocycles. The van der Waals surface area contributed by atoms with Crippen molar-refractivity contribution < 1.29 is 15.0 Å². The Bertz CT molecular complexity index is 989. The lowest BCUT2D eigenvalue weighted by Gasteiger charge is -2.20. The minimum atomic E-state index is -0.839. The van der Waals surface area contributed by atoms with Crippen molar-refractivity contribution in [2.24, 2.45) is 0 Å². The van der Waals surface area contributed by atoms with Crippen LogP contribution < -0.4 is 5.32 Å². The second kappa shape index (κ2) is 56.9. The van der Waals surface area contributed by atoms with Gasteiger partial charge in [-0.1, -0.05) is 307 Å². The molecular formula is C61H117NO3. The van der Waals surface area contributed by atoms with Gasteiger partial charge in [-0.15, -0.1) is 0 Å². The zero-order chi connectivity index (χ0) is 47.0. The molecule has 4 nitrogen and oxygen atoms in total. The van der Waals surface area contributed by atoms with Gasteiger partial charge in [0.2, 0.25) is 5.91 Å². The Hall–Kier alpha value is -1.39. The standard InChI is InChI=1S/C61H117NO3/c1-3-5-7-9-11-13-15-17-19-21-23-25-26-27-28-29-30-31-32-33-34-35-36-37-39-41-43-45-47-49-51-53-55-57-61(65)62-59(58-63)60(64)56-54-52-50-48-46-44-42-40-38-24-22-20-18-16-14-12-10-8-6-4-2/h23,25,27-28,54,56,59-60,63-64H,3-22,24,26,29-53,55,57-58H2,1-2H3,(H,62,65)/b25-23-,28-27-,56-54+. The normalized spacial score (nSPS) is 13.0. The van der Waals surface area contributed by atoms with E-state index in [-0.39, 0.29) is 12.5 Å². The van der Waals surface area contributed by atoms with Gasteiger partial charge in [-0.05, 0) is 51.4 Å². The minimum absolute atomic E-state index is 0.0587. The fraction of sp³-hybridized carbons (Fsp3) is 0.885. The van der Waals surface area contributed by atoms with Gasteiger partial charge in [-0.2, -0.15) is 0 Å². The molecule has 1 amide bonds. The van der Waals surface area contributed by atoms with Gasteiger partial charge in [-0.3, -0.25) is 4.79 Å². The van der Waals surface area contributed by atoms with E-state index in [1.54, 1.807) is 6.08 Å². The Balaban J connectivity index is 3.45. The van der Waals surface area contributed by atoms with Crippen molar-refractivity contribution in [2.45, 2.75) is 341 Å². The average Bonchev–Trinajstić information content (AvgIpc) is 3.31. The van der Waals surface area contributed by atoms with Crippen molar-refractivity contribution in [3.63, 3.8) is 0 Å². The van der Waals surface area contributed by atoms with Gasteiger partial charge in [-0.25, -0.2) is 0 Å². The summed E-state index contributed by atoms with van der Waals surface area (Å²) >= 11 is 0. The van der Waals surface area contributed by atoms with Gasteiger partial charge in [0.25, 0.3) is 0 Å². The first-order valence-corrected chi connectivity index (χ1v) is 29.7. The molecule has 0 aliphatic rings. The molecular weight excluding hydrogens is 795 g/mol. The number of aliphatic hydroxyl groups is 2. The van der Waals surface area contributed by atoms with E-state index < -0.39 is 12.1 Å². The Kier molecular flexibility index (Phi) is 55.7. The second-order valence-corrected chi connectivity index (χ2v) is 20.4. The lowest BCUT2D eigenvalue weighted by molar-refractivity contribution is -0.123. The molecule has 2 unspecified atom stereocenters. The van der Waals surface area contributed by atoms with Crippen LogP contribution in [0.15, 0.2) is 36.5 Å². The first-order valence-electron chi connectivity index (χ1n) is 29.7. The molecule has 0 bridgehead atoms. The molecule has 0 aromatic rings. The summed E-state index contributed by atoms with van der Waals surface area (Å²) in [5.41, 5.74) is 0. The molecule has 384 valence electrons. The fourth-order valence-electron chi connectivity index (χ4n) is 9.33. The van der Waals surface area contributed by atoms with Crippen molar-refractivity contribution >= 4 is 5.91 Å². The summed E-state index contributed by atoms with van der Waals surface area (Å²) in [6.45, 7) is 4.34. The first-order chi connectivity index (χ1) is 32.2. The van der Waals surface area contributed by atoms with E-state index in [0.29, 0.717) is 6.42 Å². The highest BCUT2D eigenvalue weighted by Crippen LogP contribution is 2.17. The Labute approximate surface area is 408 Å². The number of carbonyl (C=O) groups excluding carboxylic acids is 1. The van der Waals surface area contributed by atoms with E-state index in [2.05, 4.69) is 43.5 Å². The summed E-state index contributed by atoms with van der Waals surface area (Å²) in [5.74, 6) is -0.0587. The summed E-state index contributed by atoms with van der Waals surface area (Å²) in [4.78, 5) is 12.5. The Morgan fingerprint density at radius 2 is 0.631 bits per heavy atom. The number of allylic oxidation sites excluding steroid dienone is 5. The van der Waals surface area contributed by atoms with Crippen LogP contribution in [0.4, 0.5) is 0 Å². The SMILES string of the molecule is CCCCCCCCCCC/C=C\C/C=C\CCCCCCCCCCCCCCCCCCCC(=O)NC(CO)C(O)/C=C/CCCCCCCCCCCCCCCCCCCC. The van der Waals surface area contributed by atoms with E-state index in [0.717, 1.165) is 32.1 Å². The van der Waals surface area contributed by atoms with Crippen LogP contribution in [-0.2, 0) is 4.79 Å². The van der Waals surface area contributed by atoms with Gasteiger partial charge in [0.1, 0.15) is 0 Å². The summed E-state index contributed by atoms with van der Waals surface area (Å²) in [6.07, 6.45) is 77.5. The van der Waals surface area contributed by atoms with Crippen LogP contribution in [-0.4, -0.2) is 34.9 Å². The van der Waals surface area contributed by atoms with E-state index >= 15 is 0 Å². The van der Waals surface area contributed by atoms with Crippen LogP contribution in [0.25, 0.3) is 0 Å². The molecule has 3 N–H and O–H groups in total. The number of hydrogen-bond acceptors (Lipinski definition) is 3. The number of amides is 1. The average molecular weight is 913 g/mol. The van der Waals surface area contributed by atoms with Gasteiger partial charge in [0, 0.05) is 6.42 Å². The van der Waals surface area contributed by atoms with Gasteiger partial charge in [0.15, 0.2) is 0 Å². The van der Waals surface area contributed by atoms with Gasteiger partial charge < -0.3 is 15.5 Å². The number of nitrogens with one attached hydrogen (secondary N) is 1. The molecule has 0 spiro atoms. The predicted octanol–water partition coefficient (Wildman–Crippen LogP) is 19.6. The highest BCUT2D eigenvalue weighted by Gasteiger charge is 2.18. The van der Waals surface area contributed by atoms with Crippen molar-refractivity contribution in [3.8, 4) is 0 Å². The van der Waals surface area contributed by atoms with E-state index in [4.69, 9.17) is 0 Å². The molecule has 4 heteroatoms. The fourth-order valence-corrected chi connectivity index (χ4v) is 9.33. The number of aliphatic hydroxyl groups excluding tert-OH is 2. The lowest BCUT2D eigenvalue weighted by atomic mass is 10.0. The molecule has 0 fully saturated rings. The highest BCUT2D eigenvalue weighted by atomic mass is 16.3. The van der Waals surface area contributed by atoms with E-state index in [9.17, 15) is 15.0 Å². The Morgan fingerprint density at radius 3 is 0.923 bits per heavy atom. The molecule has 0 rings (SSSR count). The van der Waals surface area contributed by atoms with Crippen LogP contribution in [0.5, 0.6) is 0 Å². The number of unbranched alkanes of at least 4 members (excludes halogenated alkanes) is 44. The summed E-state index contributed by atoms with van der Waals surface area (Å²) in [5, 5.41) is 23.2. The molecule has 0 aromatic heterocycles. The molecule has 65 heavy (non-hydrogen) atoms. The molecule has 0 heterocycles. The van der Waals surface area contributed by atoms with Crippen LogP contribution in [0.2, 0.25) is 0 Å². The molecule has 0 radical (unpaired) electrons. The third kappa shape index (κ3) is 53.4. The van der Waals surface area contributed by atoms with Crippen molar-refractivity contribution in [3.05, 3.63) is 36.5 Å². The number of hydrogen-bond donors (Lipinski definition) is 3. The smallest absolute Gasteiger partial charge is 0.220 e. The molecule has 0 aromatic carbocycles. The maximum Gasteiger partial charge on any atom is 0.220 e. The zero-order valence-electron chi connectivity index (χ0n) is 44.3. The maximum absolute atomic E-state index is 12.5. The minimum Gasteiger partial charge on any atom is -0.394 e. The van der Waals surface area contributed by atoms with E-state index in [1.807, 2.05) is 6.08 Å². The Morgan fingerprint density at radius 1 is 0.369 bits per heavy atom. The molecule has 0 aliphatic heterocycles.